The molecule has 1 aliphatic carbocycles. The Morgan fingerprint density at radius 2 is 1.92 bits per heavy atom. The van der Waals surface area contributed by atoms with Gasteiger partial charge in [-0.25, -0.2) is 8.42 Å². The first-order valence-corrected chi connectivity index (χ1v) is 10.8. The molecule has 1 N–H and O–H groups in total. The predicted octanol–water partition coefficient (Wildman–Crippen LogP) is 3.56. The first-order valence-electron chi connectivity index (χ1n) is 9.33. The Morgan fingerprint density at radius 1 is 1.20 bits per heavy atom. The number of carbonyl (C=O) groups excluding carboxylic acids is 1. The van der Waals surface area contributed by atoms with Gasteiger partial charge in [-0.3, -0.25) is 4.79 Å². The van der Waals surface area contributed by atoms with Crippen LogP contribution >= 0.6 is 0 Å². The highest BCUT2D eigenvalue weighted by atomic mass is 32.2. The smallest absolute Gasteiger partial charge is 0.251 e. The van der Waals surface area contributed by atoms with Crippen LogP contribution in [0.1, 0.15) is 68.6 Å². The number of sulfonamides is 1. The van der Waals surface area contributed by atoms with Crippen molar-refractivity contribution in [3.8, 4) is 0 Å². The lowest BCUT2D eigenvalue weighted by atomic mass is 9.96. The molecule has 140 valence electrons. The summed E-state index contributed by atoms with van der Waals surface area (Å²) in [4.78, 5) is 12.4. The van der Waals surface area contributed by atoms with Gasteiger partial charge in [0.15, 0.2) is 0 Å². The monoisotopic (exact) mass is 366 g/mol. The third-order valence-electron chi connectivity index (χ3n) is 4.93. The molecule has 0 atom stereocenters. The number of rotatable bonds is 8. The minimum atomic E-state index is -3.57. The molecule has 0 saturated heterocycles. The van der Waals surface area contributed by atoms with Crippen LogP contribution in [0.4, 0.5) is 0 Å². The molecule has 1 saturated carbocycles. The molecule has 0 bridgehead atoms. The summed E-state index contributed by atoms with van der Waals surface area (Å²) in [5.41, 5.74) is 0.398. The van der Waals surface area contributed by atoms with E-state index in [1.165, 1.54) is 16.8 Å². The van der Waals surface area contributed by atoms with Gasteiger partial charge in [0.05, 0.1) is 4.90 Å². The average Bonchev–Trinajstić information content (AvgIpc) is 2.65. The quantitative estimate of drug-likeness (QED) is 0.715. The van der Waals surface area contributed by atoms with E-state index in [-0.39, 0.29) is 16.8 Å². The van der Waals surface area contributed by atoms with Gasteiger partial charge in [-0.05, 0) is 37.5 Å². The molecule has 0 spiro atoms. The van der Waals surface area contributed by atoms with Gasteiger partial charge in [-0.1, -0.05) is 45.1 Å². The molecule has 5 nitrogen and oxygen atoms in total. The maximum Gasteiger partial charge on any atom is 0.251 e. The second-order valence-corrected chi connectivity index (χ2v) is 8.80. The SMILES string of the molecule is CCCCCNC(=O)c1cccc(S(=O)(=O)N(C)C2CCCCC2)c1. The number of carbonyl (C=O) groups is 1. The molecule has 25 heavy (non-hydrogen) atoms. The van der Waals surface area contributed by atoms with Gasteiger partial charge in [0.1, 0.15) is 0 Å². The first kappa shape index (κ1) is 19.9. The van der Waals surface area contributed by atoms with E-state index in [9.17, 15) is 13.2 Å². The van der Waals surface area contributed by atoms with Crippen LogP contribution in [0.2, 0.25) is 0 Å². The Labute approximate surface area is 151 Å². The number of amides is 1. The number of nitrogens with zero attached hydrogens (tertiary/aromatic N) is 1. The fourth-order valence-corrected chi connectivity index (χ4v) is 4.75. The summed E-state index contributed by atoms with van der Waals surface area (Å²) >= 11 is 0. The van der Waals surface area contributed by atoms with E-state index in [0.717, 1.165) is 44.9 Å². The first-order chi connectivity index (χ1) is 12.0. The van der Waals surface area contributed by atoms with Crippen molar-refractivity contribution in [2.75, 3.05) is 13.6 Å². The van der Waals surface area contributed by atoms with Crippen molar-refractivity contribution < 1.29 is 13.2 Å². The van der Waals surface area contributed by atoms with Gasteiger partial charge < -0.3 is 5.32 Å². The van der Waals surface area contributed by atoms with Crippen molar-refractivity contribution >= 4 is 15.9 Å². The maximum atomic E-state index is 12.9. The van der Waals surface area contributed by atoms with Crippen molar-refractivity contribution in [1.29, 1.82) is 0 Å². The van der Waals surface area contributed by atoms with Gasteiger partial charge >= 0.3 is 0 Å². The molecule has 0 aliphatic heterocycles. The molecular formula is C19H30N2O3S. The van der Waals surface area contributed by atoms with E-state index in [4.69, 9.17) is 0 Å². The van der Waals surface area contributed by atoms with Crippen molar-refractivity contribution in [2.24, 2.45) is 0 Å². The van der Waals surface area contributed by atoms with Gasteiger partial charge in [0.2, 0.25) is 10.0 Å². The van der Waals surface area contributed by atoms with E-state index in [0.29, 0.717) is 12.1 Å². The minimum Gasteiger partial charge on any atom is -0.352 e. The summed E-state index contributed by atoms with van der Waals surface area (Å²) in [5.74, 6) is -0.214. The maximum absolute atomic E-state index is 12.9. The third kappa shape index (κ3) is 5.28. The molecule has 1 aliphatic rings. The molecule has 0 unspecified atom stereocenters. The van der Waals surface area contributed by atoms with Gasteiger partial charge in [-0.2, -0.15) is 4.31 Å². The number of hydrogen-bond acceptors (Lipinski definition) is 3. The highest BCUT2D eigenvalue weighted by Gasteiger charge is 2.29. The summed E-state index contributed by atoms with van der Waals surface area (Å²) in [6.07, 6.45) is 8.25. The topological polar surface area (TPSA) is 66.5 Å². The van der Waals surface area contributed by atoms with E-state index < -0.39 is 10.0 Å². The molecule has 0 aromatic heterocycles. The van der Waals surface area contributed by atoms with E-state index >= 15 is 0 Å². The van der Waals surface area contributed by atoms with Crippen LogP contribution in [0, 0.1) is 0 Å². The molecule has 1 aromatic rings. The third-order valence-corrected chi connectivity index (χ3v) is 6.83. The molecule has 0 heterocycles. The largest absolute Gasteiger partial charge is 0.352 e. The Bertz CT molecular complexity index is 667. The number of nitrogens with one attached hydrogen (secondary N) is 1. The van der Waals surface area contributed by atoms with Gasteiger partial charge in [0, 0.05) is 25.2 Å². The Morgan fingerprint density at radius 3 is 2.60 bits per heavy atom. The fraction of sp³-hybridized carbons (Fsp3) is 0.632. The normalized spacial score (nSPS) is 16.1. The number of benzene rings is 1. The lowest BCUT2D eigenvalue weighted by molar-refractivity contribution is 0.0952. The van der Waals surface area contributed by atoms with Crippen LogP contribution in [0.15, 0.2) is 29.2 Å². The van der Waals surface area contributed by atoms with Crippen LogP contribution in [0.5, 0.6) is 0 Å². The molecule has 1 fully saturated rings. The van der Waals surface area contributed by atoms with E-state index in [1.807, 2.05) is 0 Å². The summed E-state index contributed by atoms with van der Waals surface area (Å²) < 4.78 is 27.3. The molecule has 6 heteroatoms. The zero-order chi connectivity index (χ0) is 18.3. The summed E-state index contributed by atoms with van der Waals surface area (Å²) in [6, 6.07) is 6.43. The highest BCUT2D eigenvalue weighted by molar-refractivity contribution is 7.89. The molecule has 2 rings (SSSR count). The lowest BCUT2D eigenvalue weighted by Crippen LogP contribution is -2.38. The van der Waals surface area contributed by atoms with Crippen molar-refractivity contribution in [3.05, 3.63) is 29.8 Å². The Hall–Kier alpha value is -1.40. The van der Waals surface area contributed by atoms with Crippen LogP contribution in [0.3, 0.4) is 0 Å². The van der Waals surface area contributed by atoms with E-state index in [2.05, 4.69) is 12.2 Å². The Balaban J connectivity index is 2.09. The van der Waals surface area contributed by atoms with Crippen molar-refractivity contribution in [3.63, 3.8) is 0 Å². The van der Waals surface area contributed by atoms with Gasteiger partial charge in [0.25, 0.3) is 5.91 Å². The fourth-order valence-electron chi connectivity index (χ4n) is 3.28. The number of unbranched alkanes of at least 4 members (excludes halogenated alkanes) is 2. The molecule has 0 radical (unpaired) electrons. The lowest BCUT2D eigenvalue weighted by Gasteiger charge is -2.30. The predicted molar refractivity (Wildman–Crippen MR) is 100 cm³/mol. The van der Waals surface area contributed by atoms with Crippen LogP contribution < -0.4 is 5.32 Å². The van der Waals surface area contributed by atoms with Crippen molar-refractivity contribution in [2.45, 2.75) is 69.2 Å². The zero-order valence-electron chi connectivity index (χ0n) is 15.3. The zero-order valence-corrected chi connectivity index (χ0v) is 16.1. The average molecular weight is 367 g/mol. The van der Waals surface area contributed by atoms with Crippen LogP contribution in [-0.2, 0) is 10.0 Å². The minimum absolute atomic E-state index is 0.0604. The Kier molecular flexibility index (Phi) is 7.44. The summed E-state index contributed by atoms with van der Waals surface area (Å²) in [7, 11) is -1.91. The standard InChI is InChI=1S/C19H30N2O3S/c1-3-4-8-14-20-19(22)16-10-9-13-18(15-16)25(23,24)21(2)17-11-6-5-7-12-17/h9-10,13,15,17H,3-8,11-12,14H2,1-2H3,(H,20,22). The van der Waals surface area contributed by atoms with Gasteiger partial charge in [-0.15, -0.1) is 0 Å². The second kappa shape index (κ2) is 9.34. The van der Waals surface area contributed by atoms with Crippen LogP contribution in [-0.4, -0.2) is 38.3 Å². The summed E-state index contributed by atoms with van der Waals surface area (Å²) in [5, 5.41) is 2.86. The molecule has 1 amide bonds. The summed E-state index contributed by atoms with van der Waals surface area (Å²) in [6.45, 7) is 2.73. The number of hydrogen-bond donors (Lipinski definition) is 1. The highest BCUT2D eigenvalue weighted by Crippen LogP contribution is 2.26. The molecule has 1 aromatic carbocycles. The van der Waals surface area contributed by atoms with Crippen molar-refractivity contribution in [1.82, 2.24) is 9.62 Å². The second-order valence-electron chi connectivity index (χ2n) is 6.80. The van der Waals surface area contributed by atoms with Crippen LogP contribution in [0.25, 0.3) is 0 Å². The van der Waals surface area contributed by atoms with E-state index in [1.54, 1.807) is 25.2 Å². The molecular weight excluding hydrogens is 336 g/mol.